The summed E-state index contributed by atoms with van der Waals surface area (Å²) in [6.45, 7) is 1.53. The van der Waals surface area contributed by atoms with Crippen LogP contribution < -0.4 is 0 Å². The van der Waals surface area contributed by atoms with E-state index in [0.717, 1.165) is 0 Å². The van der Waals surface area contributed by atoms with Gasteiger partial charge in [-0.3, -0.25) is 0 Å². The highest BCUT2D eigenvalue weighted by Crippen LogP contribution is 2.20. The van der Waals surface area contributed by atoms with Crippen LogP contribution in [0.3, 0.4) is 0 Å². The first kappa shape index (κ1) is 12.5. The van der Waals surface area contributed by atoms with E-state index in [-0.39, 0.29) is 6.61 Å². The van der Waals surface area contributed by atoms with Crippen LogP contribution in [0.1, 0.15) is 18.6 Å². The number of hydrogen-bond acceptors (Lipinski definition) is 3. The molecule has 1 aromatic carbocycles. The minimum atomic E-state index is -1.83. The van der Waals surface area contributed by atoms with Crippen molar-refractivity contribution in [1.82, 2.24) is 0 Å². The van der Waals surface area contributed by atoms with Crippen molar-refractivity contribution in [3.63, 3.8) is 0 Å². The second-order valence-corrected chi connectivity index (χ2v) is 2.95. The number of ether oxygens (including phenoxy) is 1. The van der Waals surface area contributed by atoms with Crippen LogP contribution in [0.4, 0.5) is 13.2 Å². The summed E-state index contributed by atoms with van der Waals surface area (Å²) >= 11 is 0. The molecule has 0 saturated heterocycles. The smallest absolute Gasteiger partial charge is 0.339 e. The lowest BCUT2D eigenvalue weighted by Crippen LogP contribution is -2.16. The van der Waals surface area contributed by atoms with Crippen LogP contribution in [-0.2, 0) is 9.53 Å². The van der Waals surface area contributed by atoms with Gasteiger partial charge in [0.1, 0.15) is 0 Å². The van der Waals surface area contributed by atoms with E-state index >= 15 is 0 Å². The number of halogens is 3. The molecule has 0 heterocycles. The summed E-state index contributed by atoms with van der Waals surface area (Å²) in [5, 5.41) is 9.33. The van der Waals surface area contributed by atoms with Crippen molar-refractivity contribution >= 4 is 5.97 Å². The molecule has 0 spiro atoms. The molecule has 3 nitrogen and oxygen atoms in total. The van der Waals surface area contributed by atoms with Crippen LogP contribution in [0, 0.1) is 17.5 Å². The van der Waals surface area contributed by atoms with E-state index in [1.54, 1.807) is 0 Å². The molecule has 1 N–H and O–H groups in total. The molecule has 16 heavy (non-hydrogen) atoms. The van der Waals surface area contributed by atoms with E-state index in [2.05, 4.69) is 4.74 Å². The fraction of sp³-hybridized carbons (Fsp3) is 0.300. The van der Waals surface area contributed by atoms with Gasteiger partial charge in [0.25, 0.3) is 0 Å². The topological polar surface area (TPSA) is 46.5 Å². The zero-order valence-corrected chi connectivity index (χ0v) is 8.34. The molecular formula is C10H9F3O3. The molecule has 1 unspecified atom stereocenters. The van der Waals surface area contributed by atoms with Gasteiger partial charge >= 0.3 is 5.97 Å². The molecule has 88 valence electrons. The van der Waals surface area contributed by atoms with Crippen molar-refractivity contribution in [2.75, 3.05) is 6.61 Å². The van der Waals surface area contributed by atoms with Gasteiger partial charge in [-0.25, -0.2) is 18.0 Å². The number of hydrogen-bond donors (Lipinski definition) is 1. The molecule has 1 aromatic rings. The van der Waals surface area contributed by atoms with Crippen LogP contribution in [-0.4, -0.2) is 17.7 Å². The van der Waals surface area contributed by atoms with E-state index in [0.29, 0.717) is 12.1 Å². The zero-order chi connectivity index (χ0) is 12.3. The monoisotopic (exact) mass is 234 g/mol. The Labute approximate surface area is 89.5 Å². The zero-order valence-electron chi connectivity index (χ0n) is 8.34. The maximum absolute atomic E-state index is 12.8. The van der Waals surface area contributed by atoms with Crippen molar-refractivity contribution in [3.05, 3.63) is 35.1 Å². The molecule has 6 heteroatoms. The van der Waals surface area contributed by atoms with Crippen molar-refractivity contribution in [1.29, 1.82) is 0 Å². The third-order valence-corrected chi connectivity index (χ3v) is 1.83. The second kappa shape index (κ2) is 4.98. The Kier molecular flexibility index (Phi) is 3.89. The highest BCUT2D eigenvalue weighted by molar-refractivity contribution is 5.76. The molecule has 0 saturated carbocycles. The Morgan fingerprint density at radius 1 is 1.38 bits per heavy atom. The van der Waals surface area contributed by atoms with Crippen molar-refractivity contribution < 1.29 is 27.8 Å². The molecular weight excluding hydrogens is 225 g/mol. The van der Waals surface area contributed by atoms with Crippen molar-refractivity contribution in [2.24, 2.45) is 0 Å². The molecule has 0 aliphatic rings. The highest BCUT2D eigenvalue weighted by atomic mass is 19.2. The Morgan fingerprint density at radius 2 is 1.88 bits per heavy atom. The summed E-state index contributed by atoms with van der Waals surface area (Å²) in [6, 6.07) is 1.08. The van der Waals surface area contributed by atoms with Gasteiger partial charge in [-0.2, -0.15) is 0 Å². The van der Waals surface area contributed by atoms with E-state index in [9.17, 15) is 23.1 Å². The van der Waals surface area contributed by atoms with Gasteiger partial charge in [-0.05, 0) is 24.6 Å². The van der Waals surface area contributed by atoms with Crippen LogP contribution >= 0.6 is 0 Å². The predicted octanol–water partition coefficient (Wildman–Crippen LogP) is 1.70. The third-order valence-electron chi connectivity index (χ3n) is 1.83. The summed E-state index contributed by atoms with van der Waals surface area (Å²) < 4.78 is 42.6. The lowest BCUT2D eigenvalue weighted by molar-refractivity contribution is -0.153. The standard InChI is InChI=1S/C10H9F3O3/c1-2-16-10(15)9(14)5-3-6(11)8(13)7(12)4-5/h3-4,9,14H,2H2,1H3. The lowest BCUT2D eigenvalue weighted by atomic mass is 10.1. The van der Waals surface area contributed by atoms with Gasteiger partial charge in [-0.1, -0.05) is 0 Å². The van der Waals surface area contributed by atoms with E-state index in [4.69, 9.17) is 0 Å². The van der Waals surface area contributed by atoms with Gasteiger partial charge in [0.15, 0.2) is 23.6 Å². The number of aliphatic hydroxyl groups excluding tert-OH is 1. The summed E-state index contributed by atoms with van der Waals surface area (Å²) in [5.74, 6) is -5.65. The summed E-state index contributed by atoms with van der Waals surface area (Å²) in [7, 11) is 0. The maximum Gasteiger partial charge on any atom is 0.339 e. The third kappa shape index (κ3) is 2.52. The number of esters is 1. The van der Waals surface area contributed by atoms with Gasteiger partial charge in [0, 0.05) is 0 Å². The molecule has 0 radical (unpaired) electrons. The van der Waals surface area contributed by atoms with Crippen molar-refractivity contribution in [3.8, 4) is 0 Å². The predicted molar refractivity (Wildman–Crippen MR) is 47.9 cm³/mol. The summed E-state index contributed by atoms with van der Waals surface area (Å²) in [5.41, 5.74) is -0.394. The summed E-state index contributed by atoms with van der Waals surface area (Å²) in [4.78, 5) is 11.0. The first-order chi connectivity index (χ1) is 7.47. The SMILES string of the molecule is CCOC(=O)C(O)c1cc(F)c(F)c(F)c1. The van der Waals surface area contributed by atoms with Crippen LogP contribution in [0.2, 0.25) is 0 Å². The normalized spacial score (nSPS) is 12.3. The number of carbonyl (C=O) groups excluding carboxylic acids is 1. The quantitative estimate of drug-likeness (QED) is 0.639. The van der Waals surface area contributed by atoms with Crippen LogP contribution in [0.25, 0.3) is 0 Å². The van der Waals surface area contributed by atoms with Gasteiger partial charge in [0.05, 0.1) is 6.61 Å². The minimum absolute atomic E-state index is 0.0159. The average Bonchev–Trinajstić information content (AvgIpc) is 2.24. The fourth-order valence-corrected chi connectivity index (χ4v) is 1.09. The molecule has 1 atom stereocenters. The van der Waals surface area contributed by atoms with Gasteiger partial charge in [0.2, 0.25) is 0 Å². The lowest BCUT2D eigenvalue weighted by Gasteiger charge is -2.10. The number of aliphatic hydroxyl groups is 1. The van der Waals surface area contributed by atoms with E-state index in [1.807, 2.05) is 0 Å². The molecule has 0 aromatic heterocycles. The van der Waals surface area contributed by atoms with E-state index < -0.39 is 35.1 Å². The Balaban J connectivity index is 3.01. The molecule has 0 fully saturated rings. The number of benzene rings is 1. The van der Waals surface area contributed by atoms with Crippen molar-refractivity contribution in [2.45, 2.75) is 13.0 Å². The number of rotatable bonds is 3. The first-order valence-corrected chi connectivity index (χ1v) is 4.46. The highest BCUT2D eigenvalue weighted by Gasteiger charge is 2.22. The average molecular weight is 234 g/mol. The number of carbonyl (C=O) groups is 1. The molecule has 0 aliphatic heterocycles. The second-order valence-electron chi connectivity index (χ2n) is 2.95. The molecule has 0 aliphatic carbocycles. The first-order valence-electron chi connectivity index (χ1n) is 4.46. The fourth-order valence-electron chi connectivity index (χ4n) is 1.09. The Morgan fingerprint density at radius 3 is 2.31 bits per heavy atom. The molecule has 1 rings (SSSR count). The maximum atomic E-state index is 12.8. The largest absolute Gasteiger partial charge is 0.464 e. The Hall–Kier alpha value is -1.56. The van der Waals surface area contributed by atoms with Gasteiger partial charge in [-0.15, -0.1) is 0 Å². The Bertz CT molecular complexity index is 383. The summed E-state index contributed by atoms with van der Waals surface area (Å²) in [6.07, 6.45) is -1.83. The molecule has 0 bridgehead atoms. The minimum Gasteiger partial charge on any atom is -0.464 e. The molecule has 0 amide bonds. The van der Waals surface area contributed by atoms with Crippen LogP contribution in [0.5, 0.6) is 0 Å². The van der Waals surface area contributed by atoms with Gasteiger partial charge < -0.3 is 9.84 Å². The van der Waals surface area contributed by atoms with Crippen LogP contribution in [0.15, 0.2) is 12.1 Å². The van der Waals surface area contributed by atoms with E-state index in [1.165, 1.54) is 6.92 Å².